The number of hydrogen-bond acceptors (Lipinski definition) is 3. The third-order valence-electron chi connectivity index (χ3n) is 3.11. The SMILES string of the molecule is NC(C(=O)OCCCc1ccccc1)c1ccccc1. The Morgan fingerprint density at radius 1 is 1.00 bits per heavy atom. The Morgan fingerprint density at radius 3 is 2.25 bits per heavy atom. The van der Waals surface area contributed by atoms with Crippen molar-refractivity contribution in [2.75, 3.05) is 6.61 Å². The highest BCUT2D eigenvalue weighted by Crippen LogP contribution is 2.11. The summed E-state index contributed by atoms with van der Waals surface area (Å²) in [6, 6.07) is 18.7. The van der Waals surface area contributed by atoms with Crippen LogP contribution in [0.3, 0.4) is 0 Å². The Hall–Kier alpha value is -2.13. The number of rotatable bonds is 6. The van der Waals surface area contributed by atoms with Gasteiger partial charge in [-0.05, 0) is 24.0 Å². The summed E-state index contributed by atoms with van der Waals surface area (Å²) >= 11 is 0. The van der Waals surface area contributed by atoms with Crippen LogP contribution in [-0.2, 0) is 16.0 Å². The number of hydrogen-bond donors (Lipinski definition) is 1. The smallest absolute Gasteiger partial charge is 0.327 e. The molecule has 0 aliphatic carbocycles. The molecule has 104 valence electrons. The molecule has 0 aliphatic rings. The highest BCUT2D eigenvalue weighted by Gasteiger charge is 2.16. The van der Waals surface area contributed by atoms with Crippen LogP contribution in [0.2, 0.25) is 0 Å². The Bertz CT molecular complexity index is 525. The highest BCUT2D eigenvalue weighted by molar-refractivity contribution is 5.77. The lowest BCUT2D eigenvalue weighted by molar-refractivity contribution is -0.145. The van der Waals surface area contributed by atoms with Gasteiger partial charge in [-0.15, -0.1) is 0 Å². The molecule has 0 spiro atoms. The van der Waals surface area contributed by atoms with E-state index in [4.69, 9.17) is 10.5 Å². The van der Waals surface area contributed by atoms with E-state index >= 15 is 0 Å². The number of nitrogens with two attached hydrogens (primary N) is 1. The first-order chi connectivity index (χ1) is 9.77. The Balaban J connectivity index is 1.73. The van der Waals surface area contributed by atoms with Crippen molar-refractivity contribution in [3.63, 3.8) is 0 Å². The zero-order valence-corrected chi connectivity index (χ0v) is 11.4. The fourth-order valence-corrected chi connectivity index (χ4v) is 1.98. The van der Waals surface area contributed by atoms with Crippen LogP contribution in [0.5, 0.6) is 0 Å². The van der Waals surface area contributed by atoms with Crippen molar-refractivity contribution in [3.8, 4) is 0 Å². The van der Waals surface area contributed by atoms with Crippen LogP contribution in [0.1, 0.15) is 23.6 Å². The normalized spacial score (nSPS) is 11.8. The molecule has 0 saturated carbocycles. The molecule has 2 aromatic rings. The second kappa shape index (κ2) is 7.46. The standard InChI is InChI=1S/C17H19NO2/c18-16(15-11-5-2-6-12-15)17(19)20-13-7-10-14-8-3-1-4-9-14/h1-6,8-9,11-12,16H,7,10,13,18H2. The molecule has 0 fully saturated rings. The van der Waals surface area contributed by atoms with E-state index in [0.717, 1.165) is 18.4 Å². The van der Waals surface area contributed by atoms with Crippen molar-refractivity contribution < 1.29 is 9.53 Å². The van der Waals surface area contributed by atoms with Crippen LogP contribution < -0.4 is 5.73 Å². The third kappa shape index (κ3) is 4.21. The first-order valence-corrected chi connectivity index (χ1v) is 6.78. The molecule has 0 bridgehead atoms. The number of esters is 1. The molecular weight excluding hydrogens is 250 g/mol. The molecule has 2 N–H and O–H groups in total. The summed E-state index contributed by atoms with van der Waals surface area (Å²) in [5, 5.41) is 0. The molecule has 0 aliphatic heterocycles. The van der Waals surface area contributed by atoms with Gasteiger partial charge < -0.3 is 10.5 Å². The van der Waals surface area contributed by atoms with Gasteiger partial charge in [0, 0.05) is 0 Å². The van der Waals surface area contributed by atoms with Crippen LogP contribution in [0.4, 0.5) is 0 Å². The molecular formula is C17H19NO2. The fraction of sp³-hybridized carbons (Fsp3) is 0.235. The fourth-order valence-electron chi connectivity index (χ4n) is 1.98. The van der Waals surface area contributed by atoms with Crippen molar-refractivity contribution >= 4 is 5.97 Å². The highest BCUT2D eigenvalue weighted by atomic mass is 16.5. The van der Waals surface area contributed by atoms with Crippen LogP contribution >= 0.6 is 0 Å². The van der Waals surface area contributed by atoms with E-state index in [1.54, 1.807) is 0 Å². The minimum absolute atomic E-state index is 0.371. The monoisotopic (exact) mass is 269 g/mol. The predicted molar refractivity (Wildman–Crippen MR) is 79.1 cm³/mol. The first-order valence-electron chi connectivity index (χ1n) is 6.78. The average molecular weight is 269 g/mol. The molecule has 1 unspecified atom stereocenters. The van der Waals surface area contributed by atoms with Gasteiger partial charge in [0.15, 0.2) is 0 Å². The van der Waals surface area contributed by atoms with E-state index in [1.807, 2.05) is 48.5 Å². The quantitative estimate of drug-likeness (QED) is 0.648. The van der Waals surface area contributed by atoms with E-state index in [-0.39, 0.29) is 5.97 Å². The molecule has 1 atom stereocenters. The first kappa shape index (κ1) is 14.3. The Labute approximate surface area is 119 Å². The maximum Gasteiger partial charge on any atom is 0.327 e. The maximum atomic E-state index is 11.8. The lowest BCUT2D eigenvalue weighted by Gasteiger charge is -2.11. The second-order valence-electron chi connectivity index (χ2n) is 4.65. The molecule has 2 rings (SSSR count). The molecule has 0 heterocycles. The molecule has 0 aromatic heterocycles. The summed E-state index contributed by atoms with van der Waals surface area (Å²) in [5.41, 5.74) is 7.88. The topological polar surface area (TPSA) is 52.3 Å². The van der Waals surface area contributed by atoms with Gasteiger partial charge in [-0.25, -0.2) is 4.79 Å². The van der Waals surface area contributed by atoms with E-state index in [1.165, 1.54) is 5.56 Å². The lowest BCUT2D eigenvalue weighted by Crippen LogP contribution is -2.24. The zero-order valence-electron chi connectivity index (χ0n) is 11.4. The summed E-state index contributed by atoms with van der Waals surface area (Å²) < 4.78 is 5.22. The maximum absolute atomic E-state index is 11.8. The number of carbonyl (C=O) groups is 1. The summed E-state index contributed by atoms with van der Waals surface area (Å²) in [4.78, 5) is 11.8. The summed E-state index contributed by atoms with van der Waals surface area (Å²) in [5.74, 6) is -0.371. The van der Waals surface area contributed by atoms with Crippen molar-refractivity contribution in [1.29, 1.82) is 0 Å². The Morgan fingerprint density at radius 2 is 1.60 bits per heavy atom. The van der Waals surface area contributed by atoms with Crippen molar-refractivity contribution in [2.45, 2.75) is 18.9 Å². The van der Waals surface area contributed by atoms with Gasteiger partial charge in [-0.1, -0.05) is 60.7 Å². The minimum atomic E-state index is -0.701. The van der Waals surface area contributed by atoms with Gasteiger partial charge >= 0.3 is 5.97 Å². The van der Waals surface area contributed by atoms with Crippen molar-refractivity contribution in [1.82, 2.24) is 0 Å². The average Bonchev–Trinajstić information content (AvgIpc) is 2.52. The van der Waals surface area contributed by atoms with Gasteiger partial charge in [-0.3, -0.25) is 0 Å². The summed E-state index contributed by atoms with van der Waals surface area (Å²) in [6.45, 7) is 0.397. The van der Waals surface area contributed by atoms with Crippen LogP contribution in [0.15, 0.2) is 60.7 Å². The van der Waals surface area contributed by atoms with Gasteiger partial charge in [-0.2, -0.15) is 0 Å². The summed E-state index contributed by atoms with van der Waals surface area (Å²) in [6.07, 6.45) is 1.70. The molecule has 0 amide bonds. The molecule has 0 saturated heterocycles. The molecule has 2 aromatic carbocycles. The van der Waals surface area contributed by atoms with Crippen LogP contribution in [0.25, 0.3) is 0 Å². The van der Waals surface area contributed by atoms with Gasteiger partial charge in [0.2, 0.25) is 0 Å². The largest absolute Gasteiger partial charge is 0.464 e. The molecule has 20 heavy (non-hydrogen) atoms. The van der Waals surface area contributed by atoms with Gasteiger partial charge in [0.1, 0.15) is 6.04 Å². The summed E-state index contributed by atoms with van der Waals surface area (Å²) in [7, 11) is 0. The van der Waals surface area contributed by atoms with E-state index in [0.29, 0.717) is 6.61 Å². The lowest BCUT2D eigenvalue weighted by atomic mass is 10.1. The Kier molecular flexibility index (Phi) is 5.33. The van der Waals surface area contributed by atoms with E-state index < -0.39 is 6.04 Å². The molecule has 0 radical (unpaired) electrons. The zero-order chi connectivity index (χ0) is 14.2. The number of aryl methyl sites for hydroxylation is 1. The predicted octanol–water partition coefficient (Wildman–Crippen LogP) is 2.86. The van der Waals surface area contributed by atoms with Crippen molar-refractivity contribution in [2.24, 2.45) is 5.73 Å². The number of ether oxygens (including phenoxy) is 1. The number of benzene rings is 2. The van der Waals surface area contributed by atoms with Gasteiger partial charge in [0.25, 0.3) is 0 Å². The van der Waals surface area contributed by atoms with Crippen LogP contribution in [-0.4, -0.2) is 12.6 Å². The number of carbonyl (C=O) groups excluding carboxylic acids is 1. The van der Waals surface area contributed by atoms with E-state index in [2.05, 4.69) is 12.1 Å². The van der Waals surface area contributed by atoms with Gasteiger partial charge in [0.05, 0.1) is 6.61 Å². The van der Waals surface area contributed by atoms with Crippen LogP contribution in [0, 0.1) is 0 Å². The third-order valence-corrected chi connectivity index (χ3v) is 3.11. The second-order valence-corrected chi connectivity index (χ2v) is 4.65. The van der Waals surface area contributed by atoms with Crippen molar-refractivity contribution in [3.05, 3.63) is 71.8 Å². The van der Waals surface area contributed by atoms with E-state index in [9.17, 15) is 4.79 Å². The molecule has 3 nitrogen and oxygen atoms in total. The molecule has 3 heteroatoms. The minimum Gasteiger partial charge on any atom is -0.464 e.